The summed E-state index contributed by atoms with van der Waals surface area (Å²) >= 11 is 0. The summed E-state index contributed by atoms with van der Waals surface area (Å²) in [5, 5.41) is 7.73. The van der Waals surface area contributed by atoms with Crippen LogP contribution in [0.15, 0.2) is 28.8 Å². The molecule has 0 saturated carbocycles. The first-order valence-electron chi connectivity index (χ1n) is 7.40. The smallest absolute Gasteiger partial charge is 0.247 e. The maximum Gasteiger partial charge on any atom is 0.247 e. The highest BCUT2D eigenvalue weighted by Crippen LogP contribution is 2.35. The SMILES string of the molecule is CCCC1(c2nc(-c3ccc(C)cc3)no2)CCCN1. The van der Waals surface area contributed by atoms with Crippen molar-refractivity contribution < 1.29 is 4.52 Å². The summed E-state index contributed by atoms with van der Waals surface area (Å²) < 4.78 is 5.57. The fourth-order valence-electron chi connectivity index (χ4n) is 2.97. The molecule has 106 valence electrons. The number of rotatable bonds is 4. The van der Waals surface area contributed by atoms with Crippen molar-refractivity contribution in [3.05, 3.63) is 35.7 Å². The molecule has 4 nitrogen and oxygen atoms in total. The van der Waals surface area contributed by atoms with E-state index in [1.165, 1.54) is 12.0 Å². The largest absolute Gasteiger partial charge is 0.337 e. The molecule has 1 unspecified atom stereocenters. The van der Waals surface area contributed by atoms with Crippen LogP contribution in [0.4, 0.5) is 0 Å². The zero-order valence-corrected chi connectivity index (χ0v) is 12.1. The van der Waals surface area contributed by atoms with Crippen LogP contribution in [-0.2, 0) is 5.54 Å². The van der Waals surface area contributed by atoms with Crippen LogP contribution < -0.4 is 5.32 Å². The van der Waals surface area contributed by atoms with Crippen molar-refractivity contribution in [1.29, 1.82) is 0 Å². The Morgan fingerprint density at radius 1 is 1.30 bits per heavy atom. The van der Waals surface area contributed by atoms with Gasteiger partial charge in [-0.15, -0.1) is 0 Å². The minimum Gasteiger partial charge on any atom is -0.337 e. The molecule has 0 amide bonds. The number of aromatic nitrogens is 2. The van der Waals surface area contributed by atoms with E-state index in [2.05, 4.69) is 41.4 Å². The van der Waals surface area contributed by atoms with Crippen molar-refractivity contribution in [3.8, 4) is 11.4 Å². The van der Waals surface area contributed by atoms with E-state index in [4.69, 9.17) is 4.52 Å². The molecule has 0 bridgehead atoms. The lowest BCUT2D eigenvalue weighted by Gasteiger charge is -2.24. The molecule has 1 N–H and O–H groups in total. The Kier molecular flexibility index (Phi) is 3.57. The maximum absolute atomic E-state index is 5.57. The molecule has 1 atom stereocenters. The lowest BCUT2D eigenvalue weighted by atomic mass is 9.92. The Balaban J connectivity index is 1.91. The Hall–Kier alpha value is -1.68. The molecule has 2 aromatic rings. The maximum atomic E-state index is 5.57. The van der Waals surface area contributed by atoms with Gasteiger partial charge in [-0.05, 0) is 32.7 Å². The summed E-state index contributed by atoms with van der Waals surface area (Å²) in [5.41, 5.74) is 2.14. The van der Waals surface area contributed by atoms with Crippen LogP contribution in [-0.4, -0.2) is 16.7 Å². The van der Waals surface area contributed by atoms with Gasteiger partial charge in [-0.25, -0.2) is 0 Å². The van der Waals surface area contributed by atoms with Gasteiger partial charge in [0.2, 0.25) is 11.7 Å². The number of nitrogens with one attached hydrogen (secondary N) is 1. The van der Waals surface area contributed by atoms with Crippen molar-refractivity contribution in [1.82, 2.24) is 15.5 Å². The molecule has 1 aromatic heterocycles. The van der Waals surface area contributed by atoms with Crippen LogP contribution in [0.25, 0.3) is 11.4 Å². The van der Waals surface area contributed by atoms with Crippen molar-refractivity contribution in [2.24, 2.45) is 0 Å². The second-order valence-corrected chi connectivity index (χ2v) is 5.65. The highest BCUT2D eigenvalue weighted by atomic mass is 16.5. The average molecular weight is 271 g/mol. The third-order valence-corrected chi connectivity index (χ3v) is 4.07. The molecule has 1 saturated heterocycles. The number of benzene rings is 1. The van der Waals surface area contributed by atoms with Gasteiger partial charge in [0.1, 0.15) is 0 Å². The lowest BCUT2D eigenvalue weighted by Crippen LogP contribution is -2.36. The number of nitrogens with zero attached hydrogens (tertiary/aromatic N) is 2. The van der Waals surface area contributed by atoms with Gasteiger partial charge in [-0.1, -0.05) is 48.3 Å². The average Bonchev–Trinajstić information content (AvgIpc) is 3.09. The highest BCUT2D eigenvalue weighted by molar-refractivity contribution is 5.54. The number of hydrogen-bond donors (Lipinski definition) is 1. The zero-order chi connectivity index (χ0) is 14.0. The summed E-state index contributed by atoms with van der Waals surface area (Å²) in [5.74, 6) is 1.43. The van der Waals surface area contributed by atoms with Crippen LogP contribution in [0.5, 0.6) is 0 Å². The predicted octanol–water partition coefficient (Wildman–Crippen LogP) is 3.42. The molecule has 3 rings (SSSR count). The van der Waals surface area contributed by atoms with E-state index in [-0.39, 0.29) is 5.54 Å². The Morgan fingerprint density at radius 2 is 2.10 bits per heavy atom. The first-order chi connectivity index (χ1) is 9.73. The fourth-order valence-corrected chi connectivity index (χ4v) is 2.97. The minimum absolute atomic E-state index is 0.106. The van der Waals surface area contributed by atoms with Crippen LogP contribution in [0.1, 0.15) is 44.1 Å². The van der Waals surface area contributed by atoms with Crippen molar-refractivity contribution in [3.63, 3.8) is 0 Å². The molecular formula is C16H21N3O. The summed E-state index contributed by atoms with van der Waals surface area (Å²) in [7, 11) is 0. The molecule has 0 radical (unpaired) electrons. The molecule has 20 heavy (non-hydrogen) atoms. The Labute approximate surface area is 119 Å². The van der Waals surface area contributed by atoms with E-state index in [0.29, 0.717) is 5.82 Å². The molecule has 4 heteroatoms. The number of hydrogen-bond acceptors (Lipinski definition) is 4. The molecule has 0 aliphatic carbocycles. The molecule has 2 heterocycles. The predicted molar refractivity (Wildman–Crippen MR) is 78.3 cm³/mol. The first kappa shape index (κ1) is 13.3. The van der Waals surface area contributed by atoms with Crippen LogP contribution >= 0.6 is 0 Å². The minimum atomic E-state index is -0.106. The molecular weight excluding hydrogens is 250 g/mol. The van der Waals surface area contributed by atoms with Crippen LogP contribution in [0.2, 0.25) is 0 Å². The van der Waals surface area contributed by atoms with Gasteiger partial charge >= 0.3 is 0 Å². The highest BCUT2D eigenvalue weighted by Gasteiger charge is 2.39. The quantitative estimate of drug-likeness (QED) is 0.925. The molecule has 1 fully saturated rings. The van der Waals surface area contributed by atoms with E-state index in [0.717, 1.165) is 37.3 Å². The van der Waals surface area contributed by atoms with Gasteiger partial charge in [0.05, 0.1) is 5.54 Å². The van der Waals surface area contributed by atoms with Gasteiger partial charge in [0.25, 0.3) is 0 Å². The van der Waals surface area contributed by atoms with Crippen molar-refractivity contribution in [2.45, 2.75) is 45.1 Å². The third-order valence-electron chi connectivity index (χ3n) is 4.07. The first-order valence-corrected chi connectivity index (χ1v) is 7.40. The summed E-state index contributed by atoms with van der Waals surface area (Å²) in [6.45, 7) is 5.30. The van der Waals surface area contributed by atoms with E-state index in [1.54, 1.807) is 0 Å². The van der Waals surface area contributed by atoms with Gasteiger partial charge in [-0.3, -0.25) is 0 Å². The van der Waals surface area contributed by atoms with E-state index < -0.39 is 0 Å². The van der Waals surface area contributed by atoms with Crippen LogP contribution in [0.3, 0.4) is 0 Å². The van der Waals surface area contributed by atoms with Gasteiger partial charge in [0, 0.05) is 5.56 Å². The van der Waals surface area contributed by atoms with E-state index in [9.17, 15) is 0 Å². The molecule has 1 aliphatic rings. The zero-order valence-electron chi connectivity index (χ0n) is 12.1. The molecule has 1 aliphatic heterocycles. The van der Waals surface area contributed by atoms with Crippen molar-refractivity contribution in [2.75, 3.05) is 6.54 Å². The monoisotopic (exact) mass is 271 g/mol. The Bertz CT molecular complexity index is 568. The van der Waals surface area contributed by atoms with Crippen LogP contribution in [0, 0.1) is 6.92 Å². The third kappa shape index (κ3) is 2.36. The van der Waals surface area contributed by atoms with Crippen molar-refractivity contribution >= 4 is 0 Å². The van der Waals surface area contributed by atoms with Gasteiger partial charge in [-0.2, -0.15) is 4.98 Å². The van der Waals surface area contributed by atoms with Gasteiger partial charge in [0.15, 0.2) is 0 Å². The number of aryl methyl sites for hydroxylation is 1. The lowest BCUT2D eigenvalue weighted by molar-refractivity contribution is 0.241. The standard InChI is InChI=1S/C16H21N3O/c1-3-9-16(10-4-11-17-16)15-18-14(19-20-15)13-7-5-12(2)6-8-13/h5-8,17H,3-4,9-11H2,1-2H3. The van der Waals surface area contributed by atoms with E-state index in [1.807, 2.05) is 12.1 Å². The Morgan fingerprint density at radius 3 is 2.75 bits per heavy atom. The summed E-state index contributed by atoms with van der Waals surface area (Å²) in [4.78, 5) is 4.64. The molecule has 0 spiro atoms. The van der Waals surface area contributed by atoms with Gasteiger partial charge < -0.3 is 9.84 Å². The second-order valence-electron chi connectivity index (χ2n) is 5.65. The normalized spacial score (nSPS) is 22.3. The second kappa shape index (κ2) is 5.37. The summed E-state index contributed by atoms with van der Waals surface area (Å²) in [6, 6.07) is 8.22. The topological polar surface area (TPSA) is 51.0 Å². The molecule has 1 aromatic carbocycles. The van der Waals surface area contributed by atoms with E-state index >= 15 is 0 Å². The summed E-state index contributed by atoms with van der Waals surface area (Å²) in [6.07, 6.45) is 4.40. The fraction of sp³-hybridized carbons (Fsp3) is 0.500.